The van der Waals surface area contributed by atoms with Gasteiger partial charge in [-0.3, -0.25) is 4.99 Å². The number of aliphatic carboxylic acids is 1. The molecule has 0 aromatic heterocycles. The number of carboxylic acid groups (broad SMARTS) is 1. The second-order valence-electron chi connectivity index (χ2n) is 4.08. The van der Waals surface area contributed by atoms with E-state index in [4.69, 9.17) is 21.4 Å². The molecule has 1 N–H and O–H groups in total. The van der Waals surface area contributed by atoms with Crippen molar-refractivity contribution >= 4 is 52.1 Å². The maximum Gasteiger partial charge on any atom is 0.341 e. The summed E-state index contributed by atoms with van der Waals surface area (Å²) >= 11 is 8.26. The van der Waals surface area contributed by atoms with E-state index < -0.39 is 12.6 Å². The van der Waals surface area contributed by atoms with Crippen molar-refractivity contribution in [3.63, 3.8) is 0 Å². The summed E-state index contributed by atoms with van der Waals surface area (Å²) in [6.07, 6.45) is 1.70. The van der Waals surface area contributed by atoms with Crippen molar-refractivity contribution in [2.75, 3.05) is 6.61 Å². The number of ether oxygens (including phenoxy) is 1. The summed E-state index contributed by atoms with van der Waals surface area (Å²) in [7, 11) is 0. The topological polar surface area (TPSA) is 58.9 Å². The number of nitrogens with zero attached hydrogens (tertiary/aromatic N) is 1. The minimum atomic E-state index is -1.05. The molecule has 0 aliphatic carbocycles. The Balaban J connectivity index is 2.13. The minimum absolute atomic E-state index is 0.338. The Morgan fingerprint density at radius 1 is 1.33 bits per heavy atom. The summed E-state index contributed by atoms with van der Waals surface area (Å²) in [6.45, 7) is -0.421. The van der Waals surface area contributed by atoms with Crippen LogP contribution in [-0.2, 0) is 4.79 Å². The first-order valence-electron chi connectivity index (χ1n) is 5.99. The number of hydrogen-bond acceptors (Lipinski definition) is 3. The van der Waals surface area contributed by atoms with Crippen LogP contribution in [0.4, 0.5) is 5.69 Å². The first-order valence-corrected chi connectivity index (χ1v) is 7.44. The molecular weight excluding hydrogens is 405 g/mol. The fourth-order valence-corrected chi connectivity index (χ4v) is 2.32. The van der Waals surface area contributed by atoms with Crippen LogP contribution in [0.5, 0.6) is 5.75 Å². The van der Waals surface area contributed by atoms with Crippen molar-refractivity contribution in [2.45, 2.75) is 0 Å². The fourth-order valence-electron chi connectivity index (χ4n) is 1.55. The standard InChI is InChI=1S/C15H11ClINO3/c16-11-7-10(5-6-14(11)21-9-15(19)20)8-18-13-4-2-1-3-12(13)17/h1-8H,9H2,(H,19,20). The molecule has 0 heterocycles. The molecule has 0 aliphatic rings. The van der Waals surface area contributed by atoms with Gasteiger partial charge in [-0.05, 0) is 58.5 Å². The smallest absolute Gasteiger partial charge is 0.341 e. The summed E-state index contributed by atoms with van der Waals surface area (Å²) in [5.74, 6) is -0.708. The third kappa shape index (κ3) is 4.71. The zero-order valence-corrected chi connectivity index (χ0v) is 13.7. The lowest BCUT2D eigenvalue weighted by Gasteiger charge is -2.06. The van der Waals surface area contributed by atoms with Gasteiger partial charge in [0, 0.05) is 9.78 Å². The van der Waals surface area contributed by atoms with Crippen molar-refractivity contribution < 1.29 is 14.6 Å². The quantitative estimate of drug-likeness (QED) is 0.589. The summed E-state index contributed by atoms with van der Waals surface area (Å²) in [5, 5.41) is 8.92. The monoisotopic (exact) mass is 415 g/mol. The summed E-state index contributed by atoms with van der Waals surface area (Å²) in [5.41, 5.74) is 1.68. The predicted molar refractivity (Wildman–Crippen MR) is 91.0 cm³/mol. The molecule has 0 atom stereocenters. The number of carbonyl (C=O) groups is 1. The Labute approximate surface area is 140 Å². The van der Waals surface area contributed by atoms with Gasteiger partial charge in [0.2, 0.25) is 0 Å². The highest BCUT2D eigenvalue weighted by molar-refractivity contribution is 14.1. The molecule has 2 aromatic rings. The maximum absolute atomic E-state index is 10.5. The highest BCUT2D eigenvalue weighted by Gasteiger charge is 2.05. The highest BCUT2D eigenvalue weighted by atomic mass is 127. The van der Waals surface area contributed by atoms with Gasteiger partial charge in [-0.25, -0.2) is 4.79 Å². The van der Waals surface area contributed by atoms with Gasteiger partial charge in [-0.2, -0.15) is 0 Å². The third-order valence-electron chi connectivity index (χ3n) is 2.51. The molecule has 0 aliphatic heterocycles. The van der Waals surface area contributed by atoms with E-state index in [1.54, 1.807) is 24.4 Å². The number of halogens is 2. The van der Waals surface area contributed by atoms with E-state index >= 15 is 0 Å². The van der Waals surface area contributed by atoms with Crippen LogP contribution in [0, 0.1) is 3.57 Å². The summed E-state index contributed by atoms with van der Waals surface area (Å²) in [4.78, 5) is 14.8. The van der Waals surface area contributed by atoms with Gasteiger partial charge < -0.3 is 9.84 Å². The molecule has 2 aromatic carbocycles. The zero-order valence-electron chi connectivity index (χ0n) is 10.8. The van der Waals surface area contributed by atoms with Crippen LogP contribution in [0.3, 0.4) is 0 Å². The SMILES string of the molecule is O=C(O)COc1ccc(C=Nc2ccccc2I)cc1Cl. The van der Waals surface area contributed by atoms with E-state index in [9.17, 15) is 4.79 Å². The zero-order chi connectivity index (χ0) is 15.2. The Kier molecular flexibility index (Phi) is 5.58. The Morgan fingerprint density at radius 3 is 2.76 bits per heavy atom. The first kappa shape index (κ1) is 15.8. The number of rotatable bonds is 5. The van der Waals surface area contributed by atoms with Gasteiger partial charge >= 0.3 is 5.97 Å². The van der Waals surface area contributed by atoms with Crippen LogP contribution < -0.4 is 4.74 Å². The molecule has 21 heavy (non-hydrogen) atoms. The van der Waals surface area contributed by atoms with Crippen LogP contribution in [0.25, 0.3) is 0 Å². The number of para-hydroxylation sites is 1. The van der Waals surface area contributed by atoms with Crippen LogP contribution in [-0.4, -0.2) is 23.9 Å². The third-order valence-corrected chi connectivity index (χ3v) is 3.72. The number of benzene rings is 2. The van der Waals surface area contributed by atoms with Crippen LogP contribution >= 0.6 is 34.2 Å². The Morgan fingerprint density at radius 2 is 2.10 bits per heavy atom. The van der Waals surface area contributed by atoms with Gasteiger partial charge in [-0.1, -0.05) is 23.7 Å². The average Bonchev–Trinajstić information content (AvgIpc) is 2.45. The average molecular weight is 416 g/mol. The van der Waals surface area contributed by atoms with E-state index in [1.807, 2.05) is 24.3 Å². The van der Waals surface area contributed by atoms with Gasteiger partial charge in [0.25, 0.3) is 0 Å². The fraction of sp³-hybridized carbons (Fsp3) is 0.0667. The second-order valence-corrected chi connectivity index (χ2v) is 5.65. The molecule has 0 saturated carbocycles. The normalized spacial score (nSPS) is 10.8. The van der Waals surface area contributed by atoms with E-state index in [2.05, 4.69) is 27.6 Å². The molecule has 0 amide bonds. The van der Waals surface area contributed by atoms with Crippen LogP contribution in [0.1, 0.15) is 5.56 Å². The Bertz CT molecular complexity index is 688. The van der Waals surface area contributed by atoms with Gasteiger partial charge in [0.15, 0.2) is 6.61 Å². The maximum atomic E-state index is 10.5. The highest BCUT2D eigenvalue weighted by Crippen LogP contribution is 2.25. The van der Waals surface area contributed by atoms with Crippen molar-refractivity contribution in [1.29, 1.82) is 0 Å². The molecule has 0 saturated heterocycles. The van der Waals surface area contributed by atoms with E-state index in [0.29, 0.717) is 10.8 Å². The molecule has 0 unspecified atom stereocenters. The van der Waals surface area contributed by atoms with Crippen molar-refractivity contribution in [2.24, 2.45) is 4.99 Å². The lowest BCUT2D eigenvalue weighted by atomic mass is 10.2. The minimum Gasteiger partial charge on any atom is -0.480 e. The second kappa shape index (κ2) is 7.42. The first-order chi connectivity index (χ1) is 10.1. The largest absolute Gasteiger partial charge is 0.480 e. The summed E-state index contributed by atoms with van der Waals surface area (Å²) in [6, 6.07) is 12.8. The lowest BCUT2D eigenvalue weighted by molar-refractivity contribution is -0.139. The molecule has 0 spiro atoms. The molecular formula is C15H11ClINO3. The van der Waals surface area contributed by atoms with E-state index in [0.717, 1.165) is 14.8 Å². The number of hydrogen-bond donors (Lipinski definition) is 1. The molecule has 4 nitrogen and oxygen atoms in total. The van der Waals surface area contributed by atoms with Gasteiger partial charge in [-0.15, -0.1) is 0 Å². The van der Waals surface area contributed by atoms with Gasteiger partial charge in [0.05, 0.1) is 10.7 Å². The molecule has 6 heteroatoms. The van der Waals surface area contributed by atoms with Crippen molar-refractivity contribution in [3.8, 4) is 5.75 Å². The molecule has 108 valence electrons. The lowest BCUT2D eigenvalue weighted by Crippen LogP contribution is -2.09. The molecule has 2 rings (SSSR count). The molecule has 0 radical (unpaired) electrons. The molecule has 0 bridgehead atoms. The van der Waals surface area contributed by atoms with Crippen LogP contribution in [0.15, 0.2) is 47.5 Å². The van der Waals surface area contributed by atoms with Crippen molar-refractivity contribution in [3.05, 3.63) is 56.6 Å². The van der Waals surface area contributed by atoms with E-state index in [-0.39, 0.29) is 0 Å². The number of aliphatic imine (C=N–C) groups is 1. The Hall–Kier alpha value is -1.60. The van der Waals surface area contributed by atoms with E-state index in [1.165, 1.54) is 0 Å². The predicted octanol–water partition coefficient (Wildman–Crippen LogP) is 4.16. The van der Waals surface area contributed by atoms with Crippen molar-refractivity contribution in [1.82, 2.24) is 0 Å². The summed E-state index contributed by atoms with van der Waals surface area (Å²) < 4.78 is 6.11. The number of carboxylic acids is 1. The van der Waals surface area contributed by atoms with Gasteiger partial charge in [0.1, 0.15) is 5.75 Å². The van der Waals surface area contributed by atoms with Crippen LogP contribution in [0.2, 0.25) is 5.02 Å². The molecule has 0 fully saturated rings.